The molecule has 0 aliphatic rings. The number of Topliss-reactive ketones (excluding diaryl/α,β-unsaturated/α-hetero) is 1. The Balaban J connectivity index is 2.16. The molecule has 2 aromatic rings. The van der Waals surface area contributed by atoms with Crippen molar-refractivity contribution in [2.24, 2.45) is 0 Å². The summed E-state index contributed by atoms with van der Waals surface area (Å²) in [7, 11) is 1.66. The maximum Gasteiger partial charge on any atom is 0.202 e. The number of carbonyl (C=O) groups is 1. The predicted octanol–water partition coefficient (Wildman–Crippen LogP) is 3.45. The van der Waals surface area contributed by atoms with Gasteiger partial charge >= 0.3 is 0 Å². The fraction of sp³-hybridized carbons (Fsp3) is 0.368. The largest absolute Gasteiger partial charge is 0.484 e. The Morgan fingerprint density at radius 3 is 2.71 bits per heavy atom. The van der Waals surface area contributed by atoms with Crippen molar-refractivity contribution in [2.75, 3.05) is 20.3 Å². The van der Waals surface area contributed by atoms with Gasteiger partial charge in [-0.25, -0.2) is 0 Å². The highest BCUT2D eigenvalue weighted by molar-refractivity contribution is 5.98. The van der Waals surface area contributed by atoms with Crippen LogP contribution in [0.2, 0.25) is 0 Å². The van der Waals surface area contributed by atoms with E-state index in [4.69, 9.17) is 14.7 Å². The molecule has 0 bridgehead atoms. The van der Waals surface area contributed by atoms with Crippen LogP contribution in [0.1, 0.15) is 40.3 Å². The van der Waals surface area contributed by atoms with Crippen LogP contribution in [0, 0.1) is 25.2 Å². The van der Waals surface area contributed by atoms with E-state index >= 15 is 0 Å². The van der Waals surface area contributed by atoms with Crippen LogP contribution in [0.5, 0.6) is 5.75 Å². The molecule has 1 aromatic heterocycles. The number of hydrogen-bond donors (Lipinski definition) is 0. The van der Waals surface area contributed by atoms with Crippen LogP contribution in [0.3, 0.4) is 0 Å². The number of hydrogen-bond acceptors (Lipinski definition) is 4. The molecule has 1 heterocycles. The average molecular weight is 326 g/mol. The number of benzene rings is 1. The summed E-state index contributed by atoms with van der Waals surface area (Å²) in [4.78, 5) is 12.5. The minimum atomic E-state index is -0.105. The Morgan fingerprint density at radius 1 is 1.33 bits per heavy atom. The fourth-order valence-electron chi connectivity index (χ4n) is 2.96. The number of methoxy groups -OCH3 is 1. The molecule has 2 rings (SSSR count). The average Bonchev–Trinajstić information content (AvgIpc) is 2.87. The molecule has 0 saturated carbocycles. The zero-order chi connectivity index (χ0) is 17.7. The van der Waals surface area contributed by atoms with Crippen molar-refractivity contribution < 1.29 is 14.3 Å². The highest BCUT2D eigenvalue weighted by Crippen LogP contribution is 2.22. The molecule has 0 aliphatic heterocycles. The molecule has 5 heteroatoms. The Hall–Kier alpha value is -2.58. The van der Waals surface area contributed by atoms with Crippen LogP contribution in [-0.4, -0.2) is 30.7 Å². The van der Waals surface area contributed by atoms with E-state index in [0.29, 0.717) is 23.5 Å². The van der Waals surface area contributed by atoms with E-state index in [9.17, 15) is 4.79 Å². The summed E-state index contributed by atoms with van der Waals surface area (Å²) in [6.07, 6.45) is 0. The number of nitriles is 1. The van der Waals surface area contributed by atoms with Crippen molar-refractivity contribution >= 4 is 5.78 Å². The normalized spacial score (nSPS) is 11.8. The third-order valence-corrected chi connectivity index (χ3v) is 4.00. The summed E-state index contributed by atoms with van der Waals surface area (Å²) < 4.78 is 12.9. The van der Waals surface area contributed by atoms with Crippen LogP contribution in [-0.2, 0) is 4.74 Å². The predicted molar refractivity (Wildman–Crippen MR) is 91.5 cm³/mol. The molecule has 0 spiro atoms. The third-order valence-electron chi connectivity index (χ3n) is 4.00. The third kappa shape index (κ3) is 3.66. The van der Waals surface area contributed by atoms with Crippen molar-refractivity contribution in [3.05, 3.63) is 52.8 Å². The molecule has 126 valence electrons. The van der Waals surface area contributed by atoms with Crippen molar-refractivity contribution in [2.45, 2.75) is 26.8 Å². The van der Waals surface area contributed by atoms with Gasteiger partial charge in [0.25, 0.3) is 0 Å². The quantitative estimate of drug-likeness (QED) is 0.731. The first-order valence-electron chi connectivity index (χ1n) is 7.82. The molecule has 1 aromatic carbocycles. The number of carbonyl (C=O) groups excluding carboxylic acids is 1. The minimum absolute atomic E-state index is 0.0956. The van der Waals surface area contributed by atoms with Gasteiger partial charge in [-0.15, -0.1) is 0 Å². The van der Waals surface area contributed by atoms with Gasteiger partial charge in [-0.1, -0.05) is 12.1 Å². The van der Waals surface area contributed by atoms with Gasteiger partial charge in [-0.2, -0.15) is 5.26 Å². The first-order chi connectivity index (χ1) is 11.5. The lowest BCUT2D eigenvalue weighted by molar-refractivity contribution is 0.0920. The number of nitrogens with zero attached hydrogens (tertiary/aromatic N) is 2. The Bertz CT molecular complexity index is 771. The number of ether oxygens (including phenoxy) is 2. The number of ketones is 1. The maximum absolute atomic E-state index is 12.5. The lowest BCUT2D eigenvalue weighted by Gasteiger charge is -2.17. The lowest BCUT2D eigenvalue weighted by atomic mass is 10.1. The first-order valence-corrected chi connectivity index (χ1v) is 7.82. The fourth-order valence-corrected chi connectivity index (χ4v) is 2.96. The summed E-state index contributed by atoms with van der Waals surface area (Å²) >= 11 is 0. The van der Waals surface area contributed by atoms with E-state index in [-0.39, 0.29) is 18.4 Å². The number of para-hydroxylation sites is 1. The van der Waals surface area contributed by atoms with Gasteiger partial charge < -0.3 is 14.0 Å². The first kappa shape index (κ1) is 17.8. The van der Waals surface area contributed by atoms with Crippen LogP contribution in [0.4, 0.5) is 0 Å². The van der Waals surface area contributed by atoms with Crippen molar-refractivity contribution in [3.63, 3.8) is 0 Å². The second-order valence-corrected chi connectivity index (χ2v) is 5.78. The number of rotatable bonds is 7. The highest BCUT2D eigenvalue weighted by Gasteiger charge is 2.19. The van der Waals surface area contributed by atoms with Gasteiger partial charge in [0.15, 0.2) is 6.61 Å². The van der Waals surface area contributed by atoms with Crippen molar-refractivity contribution in [3.8, 4) is 11.8 Å². The maximum atomic E-state index is 12.5. The summed E-state index contributed by atoms with van der Waals surface area (Å²) in [5.41, 5.74) is 2.98. The van der Waals surface area contributed by atoms with E-state index in [2.05, 4.69) is 17.6 Å². The molecular weight excluding hydrogens is 304 g/mol. The van der Waals surface area contributed by atoms with Crippen LogP contribution in [0.15, 0.2) is 30.3 Å². The van der Waals surface area contributed by atoms with Gasteiger partial charge in [0.1, 0.15) is 11.8 Å². The van der Waals surface area contributed by atoms with E-state index < -0.39 is 0 Å². The van der Waals surface area contributed by atoms with Crippen molar-refractivity contribution in [1.29, 1.82) is 5.26 Å². The minimum Gasteiger partial charge on any atom is -0.484 e. The number of aryl methyl sites for hydroxylation is 1. The molecular formula is C19H22N2O3. The monoisotopic (exact) mass is 326 g/mol. The highest BCUT2D eigenvalue weighted by atomic mass is 16.5. The molecule has 0 unspecified atom stereocenters. The van der Waals surface area contributed by atoms with Gasteiger partial charge in [0.2, 0.25) is 5.78 Å². The lowest BCUT2D eigenvalue weighted by Crippen LogP contribution is -2.16. The zero-order valence-electron chi connectivity index (χ0n) is 14.5. The second-order valence-electron chi connectivity index (χ2n) is 5.78. The molecule has 0 N–H and O–H groups in total. The molecule has 0 amide bonds. The van der Waals surface area contributed by atoms with Gasteiger partial charge in [-0.3, -0.25) is 4.79 Å². The molecule has 0 radical (unpaired) electrons. The van der Waals surface area contributed by atoms with Crippen LogP contribution in [0.25, 0.3) is 0 Å². The number of aromatic nitrogens is 1. The van der Waals surface area contributed by atoms with Crippen LogP contribution < -0.4 is 4.74 Å². The summed E-state index contributed by atoms with van der Waals surface area (Å²) in [5.74, 6) is 0.321. The Kier molecular flexibility index (Phi) is 5.78. The summed E-state index contributed by atoms with van der Waals surface area (Å²) in [6, 6.07) is 11.0. The molecule has 1 atom stereocenters. The zero-order valence-corrected chi connectivity index (χ0v) is 14.5. The molecule has 0 aliphatic carbocycles. The van der Waals surface area contributed by atoms with E-state index in [1.165, 1.54) is 0 Å². The van der Waals surface area contributed by atoms with E-state index in [1.54, 1.807) is 31.4 Å². The SMILES string of the molecule is COC[C@H](C)n1c(C)cc(C(=O)COc2ccccc2C#N)c1C. The summed E-state index contributed by atoms with van der Waals surface area (Å²) in [6.45, 7) is 6.44. The molecule has 0 fully saturated rings. The van der Waals surface area contributed by atoms with Gasteiger partial charge in [0.05, 0.1) is 18.2 Å². The topological polar surface area (TPSA) is 64.2 Å². The van der Waals surface area contributed by atoms with E-state index in [0.717, 1.165) is 11.4 Å². The molecule has 5 nitrogen and oxygen atoms in total. The smallest absolute Gasteiger partial charge is 0.202 e. The van der Waals surface area contributed by atoms with Gasteiger partial charge in [0, 0.05) is 24.1 Å². The van der Waals surface area contributed by atoms with Gasteiger partial charge in [-0.05, 0) is 39.0 Å². The molecule has 24 heavy (non-hydrogen) atoms. The standard InChI is InChI=1S/C19H22N2O3/c1-13-9-17(15(3)21(13)14(2)11-23-4)18(22)12-24-19-8-6-5-7-16(19)10-20/h5-9,14H,11-12H2,1-4H3/t14-/m0/s1. The summed E-state index contributed by atoms with van der Waals surface area (Å²) in [5, 5.41) is 9.07. The Labute approximate surface area is 142 Å². The van der Waals surface area contributed by atoms with Crippen molar-refractivity contribution in [1.82, 2.24) is 4.57 Å². The Morgan fingerprint density at radius 2 is 2.04 bits per heavy atom. The molecule has 0 saturated heterocycles. The van der Waals surface area contributed by atoms with E-state index in [1.807, 2.05) is 19.9 Å². The van der Waals surface area contributed by atoms with Crippen LogP contribution >= 0.6 is 0 Å². The second kappa shape index (κ2) is 7.80.